The molecule has 52 valence electrons. The van der Waals surface area contributed by atoms with Crippen LogP contribution in [-0.2, 0) is 0 Å². The van der Waals surface area contributed by atoms with Crippen LogP contribution in [0, 0.1) is 5.41 Å². The molecule has 0 radical (unpaired) electrons. The lowest BCUT2D eigenvalue weighted by Gasteiger charge is -2.56. The summed E-state index contributed by atoms with van der Waals surface area (Å²) < 4.78 is 0. The fourth-order valence-corrected chi connectivity index (χ4v) is 1.83. The quantitative estimate of drug-likeness (QED) is 0.528. The summed E-state index contributed by atoms with van der Waals surface area (Å²) in [6, 6.07) is 0. The molecule has 2 nitrogen and oxygen atoms in total. The van der Waals surface area contributed by atoms with Gasteiger partial charge in [0.2, 0.25) is 0 Å². The average molecular weight is 126 g/mol. The van der Waals surface area contributed by atoms with Crippen LogP contribution in [0.4, 0.5) is 0 Å². The fourth-order valence-electron chi connectivity index (χ4n) is 1.83. The molecule has 1 N–H and O–H groups in total. The van der Waals surface area contributed by atoms with Gasteiger partial charge in [0.15, 0.2) is 0 Å². The molecule has 0 saturated carbocycles. The van der Waals surface area contributed by atoms with Crippen molar-refractivity contribution >= 4 is 0 Å². The van der Waals surface area contributed by atoms with Crippen LogP contribution in [0.3, 0.4) is 0 Å². The zero-order valence-corrected chi connectivity index (χ0v) is 5.98. The van der Waals surface area contributed by atoms with Gasteiger partial charge < -0.3 is 10.2 Å². The van der Waals surface area contributed by atoms with Crippen molar-refractivity contribution in [3.8, 4) is 0 Å². The smallest absolute Gasteiger partial charge is 0.0207 e. The number of hydrogen-bond acceptors (Lipinski definition) is 2. The molecule has 0 aliphatic carbocycles. The van der Waals surface area contributed by atoms with Gasteiger partial charge in [0, 0.05) is 31.6 Å². The summed E-state index contributed by atoms with van der Waals surface area (Å²) in [7, 11) is 0. The van der Waals surface area contributed by atoms with Gasteiger partial charge in [0.05, 0.1) is 0 Å². The van der Waals surface area contributed by atoms with Crippen LogP contribution < -0.4 is 5.32 Å². The Kier molecular flexibility index (Phi) is 1.08. The Labute approximate surface area is 56.2 Å². The number of nitrogens with one attached hydrogen (secondary N) is 1. The van der Waals surface area contributed by atoms with Gasteiger partial charge in [-0.2, -0.15) is 0 Å². The van der Waals surface area contributed by atoms with Crippen molar-refractivity contribution in [2.24, 2.45) is 5.41 Å². The minimum atomic E-state index is 0.732. The van der Waals surface area contributed by atoms with E-state index in [2.05, 4.69) is 17.1 Å². The molecule has 0 amide bonds. The molecule has 2 heterocycles. The van der Waals surface area contributed by atoms with Crippen molar-refractivity contribution in [2.45, 2.75) is 6.92 Å². The predicted octanol–water partition coefficient (Wildman–Crippen LogP) is -0.0885. The predicted molar refractivity (Wildman–Crippen MR) is 37.4 cm³/mol. The SMILES string of the molecule is CCN1CC2(CNC2)C1. The van der Waals surface area contributed by atoms with E-state index in [4.69, 9.17) is 0 Å². The molecule has 0 aromatic heterocycles. The maximum Gasteiger partial charge on any atom is 0.0207 e. The van der Waals surface area contributed by atoms with Crippen LogP contribution in [-0.4, -0.2) is 37.6 Å². The Morgan fingerprint density at radius 2 is 2.11 bits per heavy atom. The van der Waals surface area contributed by atoms with Crippen molar-refractivity contribution in [2.75, 3.05) is 32.7 Å². The van der Waals surface area contributed by atoms with E-state index in [1.54, 1.807) is 0 Å². The van der Waals surface area contributed by atoms with Gasteiger partial charge in [-0.15, -0.1) is 0 Å². The molecule has 2 saturated heterocycles. The molecule has 0 atom stereocenters. The average Bonchev–Trinajstić information content (AvgIpc) is 1.59. The van der Waals surface area contributed by atoms with Gasteiger partial charge in [-0.25, -0.2) is 0 Å². The van der Waals surface area contributed by atoms with E-state index in [0.717, 1.165) is 5.41 Å². The maximum atomic E-state index is 3.32. The second-order valence-electron chi connectivity index (χ2n) is 3.41. The minimum absolute atomic E-state index is 0.732. The number of nitrogens with zero attached hydrogens (tertiary/aromatic N) is 1. The minimum Gasteiger partial charge on any atom is -0.315 e. The first-order valence-electron chi connectivity index (χ1n) is 3.78. The zero-order chi connectivity index (χ0) is 6.32. The van der Waals surface area contributed by atoms with Gasteiger partial charge in [-0.3, -0.25) is 0 Å². The lowest BCUT2D eigenvalue weighted by molar-refractivity contribution is -0.0357. The van der Waals surface area contributed by atoms with Crippen molar-refractivity contribution in [1.82, 2.24) is 10.2 Å². The third-order valence-corrected chi connectivity index (χ3v) is 2.57. The van der Waals surface area contributed by atoms with Gasteiger partial charge in [0.1, 0.15) is 0 Å². The Hall–Kier alpha value is -0.0800. The molecule has 0 bridgehead atoms. The van der Waals surface area contributed by atoms with Crippen LogP contribution in [0.2, 0.25) is 0 Å². The van der Waals surface area contributed by atoms with Crippen LogP contribution in [0.25, 0.3) is 0 Å². The molecule has 2 heteroatoms. The summed E-state index contributed by atoms with van der Waals surface area (Å²) in [6.45, 7) is 8.70. The fraction of sp³-hybridized carbons (Fsp3) is 1.00. The van der Waals surface area contributed by atoms with Crippen molar-refractivity contribution in [3.05, 3.63) is 0 Å². The number of likely N-dealkylation sites (tertiary alicyclic amines) is 1. The van der Waals surface area contributed by atoms with E-state index in [9.17, 15) is 0 Å². The van der Waals surface area contributed by atoms with Gasteiger partial charge >= 0.3 is 0 Å². The van der Waals surface area contributed by atoms with Crippen LogP contribution >= 0.6 is 0 Å². The second kappa shape index (κ2) is 1.70. The summed E-state index contributed by atoms with van der Waals surface area (Å²) in [5.74, 6) is 0. The highest BCUT2D eigenvalue weighted by Crippen LogP contribution is 2.33. The summed E-state index contributed by atoms with van der Waals surface area (Å²) in [6.07, 6.45) is 0. The highest BCUT2D eigenvalue weighted by molar-refractivity contribution is 5.03. The first-order valence-corrected chi connectivity index (χ1v) is 3.78. The highest BCUT2D eigenvalue weighted by atomic mass is 15.2. The number of hydrogen-bond donors (Lipinski definition) is 1. The van der Waals surface area contributed by atoms with Crippen molar-refractivity contribution in [3.63, 3.8) is 0 Å². The Balaban J connectivity index is 1.82. The van der Waals surface area contributed by atoms with Crippen LogP contribution in [0.1, 0.15) is 6.92 Å². The topological polar surface area (TPSA) is 15.3 Å². The third-order valence-electron chi connectivity index (χ3n) is 2.57. The Bertz CT molecular complexity index is 110. The van der Waals surface area contributed by atoms with Gasteiger partial charge in [-0.05, 0) is 6.54 Å². The summed E-state index contributed by atoms with van der Waals surface area (Å²) in [5.41, 5.74) is 0.732. The summed E-state index contributed by atoms with van der Waals surface area (Å²) >= 11 is 0. The monoisotopic (exact) mass is 126 g/mol. The van der Waals surface area contributed by atoms with E-state index >= 15 is 0 Å². The number of rotatable bonds is 1. The second-order valence-corrected chi connectivity index (χ2v) is 3.41. The van der Waals surface area contributed by atoms with E-state index < -0.39 is 0 Å². The molecule has 9 heavy (non-hydrogen) atoms. The third kappa shape index (κ3) is 0.700. The molecular weight excluding hydrogens is 112 g/mol. The van der Waals surface area contributed by atoms with Crippen molar-refractivity contribution < 1.29 is 0 Å². The summed E-state index contributed by atoms with van der Waals surface area (Å²) in [5, 5.41) is 3.32. The molecule has 1 spiro atoms. The van der Waals surface area contributed by atoms with E-state index in [1.165, 1.54) is 32.7 Å². The highest BCUT2D eigenvalue weighted by Gasteiger charge is 2.46. The summed E-state index contributed by atoms with van der Waals surface area (Å²) in [4.78, 5) is 2.50. The molecule has 0 aromatic carbocycles. The first-order chi connectivity index (χ1) is 4.35. The van der Waals surface area contributed by atoms with E-state index in [1.807, 2.05) is 0 Å². The Morgan fingerprint density at radius 3 is 2.44 bits per heavy atom. The molecule has 2 aliphatic rings. The van der Waals surface area contributed by atoms with Crippen LogP contribution in [0.15, 0.2) is 0 Å². The molecule has 2 rings (SSSR count). The molecule has 0 aromatic rings. The lowest BCUT2D eigenvalue weighted by atomic mass is 9.74. The largest absolute Gasteiger partial charge is 0.315 e. The normalized spacial score (nSPS) is 31.7. The lowest BCUT2D eigenvalue weighted by Crippen LogP contribution is -2.70. The van der Waals surface area contributed by atoms with Crippen LogP contribution in [0.5, 0.6) is 0 Å². The van der Waals surface area contributed by atoms with E-state index in [0.29, 0.717) is 0 Å². The standard InChI is InChI=1S/C7H14N2/c1-2-9-5-7(6-9)3-8-4-7/h8H,2-6H2,1H3. The molecule has 0 unspecified atom stereocenters. The van der Waals surface area contributed by atoms with Gasteiger partial charge in [-0.1, -0.05) is 6.92 Å². The van der Waals surface area contributed by atoms with Crippen molar-refractivity contribution in [1.29, 1.82) is 0 Å². The zero-order valence-electron chi connectivity index (χ0n) is 5.98. The van der Waals surface area contributed by atoms with E-state index in [-0.39, 0.29) is 0 Å². The molecule has 2 aliphatic heterocycles. The Morgan fingerprint density at radius 1 is 1.44 bits per heavy atom. The molecule has 2 fully saturated rings. The maximum absolute atomic E-state index is 3.32. The van der Waals surface area contributed by atoms with Gasteiger partial charge in [0.25, 0.3) is 0 Å². The molecular formula is C7H14N2. The first kappa shape index (κ1) is 5.69.